The molecule has 0 aliphatic carbocycles. The Morgan fingerprint density at radius 3 is 2.62 bits per heavy atom. The maximum Gasteiger partial charge on any atom is 0.280 e. The van der Waals surface area contributed by atoms with Crippen LogP contribution in [0, 0.1) is 0 Å². The largest absolute Gasteiger partial charge is 0.497 e. The van der Waals surface area contributed by atoms with E-state index in [0.29, 0.717) is 13.0 Å². The molecule has 2 aromatic rings. The first kappa shape index (κ1) is 17.6. The van der Waals surface area contributed by atoms with Crippen molar-refractivity contribution >= 4 is 17.7 Å². The molecule has 0 bridgehead atoms. The Balaban J connectivity index is 1.44. The maximum atomic E-state index is 12.2. The van der Waals surface area contributed by atoms with Crippen LogP contribution >= 0.6 is 0 Å². The van der Waals surface area contributed by atoms with E-state index in [4.69, 9.17) is 4.74 Å². The number of carbonyl (C=O) groups is 3. The van der Waals surface area contributed by atoms with Crippen LogP contribution in [-0.2, 0) is 11.2 Å². The number of nitrogens with one attached hydrogen (secondary N) is 1. The first-order chi connectivity index (χ1) is 12.6. The highest BCUT2D eigenvalue weighted by Gasteiger charge is 2.36. The standard InChI is InChI=1S/C19H19N3O4/c1-26-14-6-4-13(5-7-14)8-11-20-16(23)9-12-22-18(24)15-3-2-10-21-17(15)19(22)25/h2-7,10H,8-9,11-12H2,1H3,(H,20,23). The van der Waals surface area contributed by atoms with E-state index in [2.05, 4.69) is 10.3 Å². The molecule has 0 spiro atoms. The van der Waals surface area contributed by atoms with Gasteiger partial charge in [-0.3, -0.25) is 24.3 Å². The van der Waals surface area contributed by atoms with Crippen molar-refractivity contribution in [1.29, 1.82) is 0 Å². The van der Waals surface area contributed by atoms with Crippen molar-refractivity contribution in [2.75, 3.05) is 20.2 Å². The third-order valence-electron chi connectivity index (χ3n) is 4.19. The molecule has 3 rings (SSSR count). The van der Waals surface area contributed by atoms with E-state index in [1.807, 2.05) is 24.3 Å². The minimum atomic E-state index is -0.448. The monoisotopic (exact) mass is 353 g/mol. The molecule has 134 valence electrons. The van der Waals surface area contributed by atoms with Crippen molar-refractivity contribution < 1.29 is 19.1 Å². The molecular weight excluding hydrogens is 334 g/mol. The third kappa shape index (κ3) is 3.72. The quantitative estimate of drug-likeness (QED) is 0.761. The van der Waals surface area contributed by atoms with Crippen LogP contribution in [0.2, 0.25) is 0 Å². The van der Waals surface area contributed by atoms with Gasteiger partial charge in [0.05, 0.1) is 12.7 Å². The lowest BCUT2D eigenvalue weighted by Gasteiger charge is -2.13. The molecule has 0 saturated carbocycles. The van der Waals surface area contributed by atoms with Crippen LogP contribution < -0.4 is 10.1 Å². The van der Waals surface area contributed by atoms with Crippen LogP contribution in [-0.4, -0.2) is 47.8 Å². The fourth-order valence-corrected chi connectivity index (χ4v) is 2.76. The maximum absolute atomic E-state index is 12.2. The average molecular weight is 353 g/mol. The van der Waals surface area contributed by atoms with Crippen LogP contribution in [0.15, 0.2) is 42.6 Å². The molecule has 26 heavy (non-hydrogen) atoms. The summed E-state index contributed by atoms with van der Waals surface area (Å²) in [6, 6.07) is 10.8. The number of nitrogens with zero attached hydrogens (tertiary/aromatic N) is 2. The smallest absolute Gasteiger partial charge is 0.280 e. The van der Waals surface area contributed by atoms with Gasteiger partial charge in [-0.2, -0.15) is 0 Å². The summed E-state index contributed by atoms with van der Waals surface area (Å²) in [5.74, 6) is -0.267. The van der Waals surface area contributed by atoms with Crippen molar-refractivity contribution in [3.8, 4) is 5.75 Å². The van der Waals surface area contributed by atoms with E-state index in [1.54, 1.807) is 19.2 Å². The van der Waals surface area contributed by atoms with Gasteiger partial charge in [0.15, 0.2) is 0 Å². The Labute approximate surface area is 151 Å². The molecule has 3 amide bonds. The minimum absolute atomic E-state index is 0.0440. The normalized spacial score (nSPS) is 12.9. The number of rotatable bonds is 7. The fourth-order valence-electron chi connectivity index (χ4n) is 2.76. The second-order valence-electron chi connectivity index (χ2n) is 5.86. The molecule has 0 atom stereocenters. The first-order valence-electron chi connectivity index (χ1n) is 8.31. The van der Waals surface area contributed by atoms with Crippen LogP contribution in [0.3, 0.4) is 0 Å². The summed E-state index contributed by atoms with van der Waals surface area (Å²) in [6.45, 7) is 0.525. The average Bonchev–Trinajstić information content (AvgIpc) is 2.91. The van der Waals surface area contributed by atoms with Gasteiger partial charge in [0, 0.05) is 25.7 Å². The molecule has 0 unspecified atom stereocenters. The molecular formula is C19H19N3O4. The molecule has 0 saturated heterocycles. The lowest BCUT2D eigenvalue weighted by atomic mass is 10.1. The van der Waals surface area contributed by atoms with Crippen LogP contribution in [0.1, 0.15) is 32.8 Å². The summed E-state index contributed by atoms with van der Waals surface area (Å²) in [4.78, 5) is 41.4. The summed E-state index contributed by atoms with van der Waals surface area (Å²) >= 11 is 0. The number of ether oxygens (including phenoxy) is 1. The Bertz CT molecular complexity index is 798. The van der Waals surface area contributed by atoms with E-state index in [0.717, 1.165) is 16.2 Å². The van der Waals surface area contributed by atoms with E-state index >= 15 is 0 Å². The zero-order valence-electron chi connectivity index (χ0n) is 14.4. The number of aromatic nitrogens is 1. The van der Waals surface area contributed by atoms with E-state index in [-0.39, 0.29) is 30.1 Å². The topological polar surface area (TPSA) is 88.6 Å². The number of carbonyl (C=O) groups excluding carboxylic acids is 3. The number of hydrogen-bond acceptors (Lipinski definition) is 5. The lowest BCUT2D eigenvalue weighted by Crippen LogP contribution is -2.35. The Kier molecular flexibility index (Phi) is 5.26. The van der Waals surface area contributed by atoms with Crippen molar-refractivity contribution in [3.05, 3.63) is 59.4 Å². The summed E-state index contributed by atoms with van der Waals surface area (Å²) in [5, 5.41) is 2.80. The molecule has 0 radical (unpaired) electrons. The third-order valence-corrected chi connectivity index (χ3v) is 4.19. The molecule has 1 aromatic carbocycles. The Morgan fingerprint density at radius 1 is 1.15 bits per heavy atom. The Hall–Kier alpha value is -3.22. The molecule has 7 nitrogen and oxygen atoms in total. The van der Waals surface area contributed by atoms with Crippen LogP contribution in [0.5, 0.6) is 5.75 Å². The predicted octanol–water partition coefficient (Wildman–Crippen LogP) is 1.44. The molecule has 2 heterocycles. The predicted molar refractivity (Wildman–Crippen MR) is 93.9 cm³/mol. The van der Waals surface area contributed by atoms with Gasteiger partial charge in [-0.25, -0.2) is 0 Å². The molecule has 1 N–H and O–H groups in total. The minimum Gasteiger partial charge on any atom is -0.497 e. The molecule has 1 aromatic heterocycles. The number of methoxy groups -OCH3 is 1. The highest BCUT2D eigenvalue weighted by atomic mass is 16.5. The number of imide groups is 1. The molecule has 1 aliphatic heterocycles. The second kappa shape index (κ2) is 7.77. The zero-order valence-corrected chi connectivity index (χ0v) is 14.4. The van der Waals surface area contributed by atoms with Gasteiger partial charge in [-0.1, -0.05) is 12.1 Å². The SMILES string of the molecule is COc1ccc(CCNC(=O)CCN2C(=O)c3cccnc3C2=O)cc1. The second-order valence-corrected chi connectivity index (χ2v) is 5.86. The van der Waals surface area contributed by atoms with Gasteiger partial charge in [-0.05, 0) is 36.2 Å². The van der Waals surface area contributed by atoms with Gasteiger partial charge < -0.3 is 10.1 Å². The van der Waals surface area contributed by atoms with Gasteiger partial charge in [-0.15, -0.1) is 0 Å². The number of fused-ring (bicyclic) bond motifs is 1. The van der Waals surface area contributed by atoms with E-state index in [9.17, 15) is 14.4 Å². The molecule has 7 heteroatoms. The zero-order chi connectivity index (χ0) is 18.5. The van der Waals surface area contributed by atoms with Crippen molar-refractivity contribution in [2.45, 2.75) is 12.8 Å². The summed E-state index contributed by atoms with van der Waals surface area (Å²) < 4.78 is 5.10. The summed E-state index contributed by atoms with van der Waals surface area (Å²) in [7, 11) is 1.61. The molecule has 0 fully saturated rings. The Morgan fingerprint density at radius 2 is 1.92 bits per heavy atom. The molecule has 1 aliphatic rings. The van der Waals surface area contributed by atoms with Gasteiger partial charge in [0.1, 0.15) is 11.4 Å². The highest BCUT2D eigenvalue weighted by molar-refractivity contribution is 6.20. The van der Waals surface area contributed by atoms with E-state index < -0.39 is 11.8 Å². The first-order valence-corrected chi connectivity index (χ1v) is 8.31. The van der Waals surface area contributed by atoms with Gasteiger partial charge >= 0.3 is 0 Å². The van der Waals surface area contributed by atoms with E-state index in [1.165, 1.54) is 6.20 Å². The highest BCUT2D eigenvalue weighted by Crippen LogP contribution is 2.20. The van der Waals surface area contributed by atoms with Crippen molar-refractivity contribution in [3.63, 3.8) is 0 Å². The lowest BCUT2D eigenvalue weighted by molar-refractivity contribution is -0.121. The number of benzene rings is 1. The van der Waals surface area contributed by atoms with Crippen molar-refractivity contribution in [1.82, 2.24) is 15.2 Å². The van der Waals surface area contributed by atoms with Crippen LogP contribution in [0.25, 0.3) is 0 Å². The van der Waals surface area contributed by atoms with Crippen LogP contribution in [0.4, 0.5) is 0 Å². The fraction of sp³-hybridized carbons (Fsp3) is 0.263. The summed E-state index contributed by atoms with van der Waals surface area (Å²) in [5.41, 5.74) is 1.52. The number of hydrogen-bond donors (Lipinski definition) is 1. The van der Waals surface area contributed by atoms with Gasteiger partial charge in [0.25, 0.3) is 11.8 Å². The van der Waals surface area contributed by atoms with Gasteiger partial charge in [0.2, 0.25) is 5.91 Å². The number of pyridine rings is 1. The number of amides is 3. The van der Waals surface area contributed by atoms with Crippen molar-refractivity contribution in [2.24, 2.45) is 0 Å². The summed E-state index contributed by atoms with van der Waals surface area (Å²) in [6.07, 6.45) is 2.22.